The topological polar surface area (TPSA) is 72.5 Å². The summed E-state index contributed by atoms with van der Waals surface area (Å²) in [5.74, 6) is 0.121. The Morgan fingerprint density at radius 2 is 2.15 bits per heavy atom. The third kappa shape index (κ3) is 4.05. The molecule has 0 bridgehead atoms. The van der Waals surface area contributed by atoms with E-state index in [9.17, 15) is 13.2 Å². The van der Waals surface area contributed by atoms with Crippen molar-refractivity contribution in [2.24, 2.45) is 5.92 Å². The Kier molecular flexibility index (Phi) is 4.77. The number of anilines is 1. The van der Waals surface area contributed by atoms with Gasteiger partial charge in [-0.2, -0.15) is 0 Å². The molecule has 1 N–H and O–H groups in total. The molecule has 1 fully saturated rings. The zero-order chi connectivity index (χ0) is 14.6. The highest BCUT2D eigenvalue weighted by atomic mass is 32.2. The maximum absolute atomic E-state index is 12.0. The average Bonchev–Trinajstić information content (AvgIpc) is 2.71. The monoisotopic (exact) mass is 297 g/mol. The minimum Gasteiger partial charge on any atom is -0.380 e. The van der Waals surface area contributed by atoms with Crippen LogP contribution in [0.25, 0.3) is 0 Å². The lowest BCUT2D eigenvalue weighted by atomic mass is 10.0. The van der Waals surface area contributed by atoms with Crippen LogP contribution in [0.1, 0.15) is 18.4 Å². The number of hydrogen-bond acceptors (Lipinski definition) is 4. The van der Waals surface area contributed by atoms with Crippen molar-refractivity contribution in [2.45, 2.75) is 19.4 Å². The maximum Gasteiger partial charge on any atom is 0.224 e. The molecule has 0 aromatic heterocycles. The second kappa shape index (κ2) is 6.37. The number of methoxy groups -OCH3 is 1. The lowest BCUT2D eigenvalue weighted by Crippen LogP contribution is -2.18. The summed E-state index contributed by atoms with van der Waals surface area (Å²) in [6, 6.07) is 7.43. The third-order valence-electron chi connectivity index (χ3n) is 3.39. The van der Waals surface area contributed by atoms with Gasteiger partial charge in [-0.1, -0.05) is 18.2 Å². The fraction of sp³-hybridized carbons (Fsp3) is 0.500. The van der Waals surface area contributed by atoms with E-state index in [0.717, 1.165) is 11.3 Å². The second-order valence-corrected chi connectivity index (χ2v) is 7.34. The summed E-state index contributed by atoms with van der Waals surface area (Å²) >= 11 is 0. The first kappa shape index (κ1) is 15.0. The fourth-order valence-electron chi connectivity index (χ4n) is 2.42. The van der Waals surface area contributed by atoms with Gasteiger partial charge in [-0.05, 0) is 18.4 Å². The van der Waals surface area contributed by atoms with Crippen LogP contribution >= 0.6 is 0 Å². The Bertz CT molecular complexity index is 583. The Morgan fingerprint density at radius 3 is 2.80 bits per heavy atom. The summed E-state index contributed by atoms with van der Waals surface area (Å²) in [4.78, 5) is 12.0. The van der Waals surface area contributed by atoms with Crippen LogP contribution in [-0.4, -0.2) is 32.9 Å². The van der Waals surface area contributed by atoms with Gasteiger partial charge in [-0.25, -0.2) is 8.42 Å². The average molecular weight is 297 g/mol. The Hall–Kier alpha value is -1.40. The molecule has 1 aromatic carbocycles. The summed E-state index contributed by atoms with van der Waals surface area (Å²) in [5.41, 5.74) is 1.63. The minimum atomic E-state index is -2.93. The Labute approximate surface area is 119 Å². The van der Waals surface area contributed by atoms with Crippen molar-refractivity contribution in [1.82, 2.24) is 0 Å². The van der Waals surface area contributed by atoms with Crippen LogP contribution in [0.4, 0.5) is 5.69 Å². The molecule has 0 spiro atoms. The number of nitrogens with one attached hydrogen (secondary N) is 1. The van der Waals surface area contributed by atoms with E-state index >= 15 is 0 Å². The SMILES string of the molecule is COCc1ccccc1NC(=O)CC1CCS(=O)(=O)C1. The summed E-state index contributed by atoms with van der Waals surface area (Å²) in [7, 11) is -1.33. The van der Waals surface area contributed by atoms with E-state index in [1.54, 1.807) is 7.11 Å². The minimum absolute atomic E-state index is 0.0606. The van der Waals surface area contributed by atoms with Gasteiger partial charge >= 0.3 is 0 Å². The number of ether oxygens (including phenoxy) is 1. The van der Waals surface area contributed by atoms with Crippen LogP contribution < -0.4 is 5.32 Å². The van der Waals surface area contributed by atoms with E-state index in [4.69, 9.17) is 4.74 Å². The molecule has 1 aliphatic heterocycles. The van der Waals surface area contributed by atoms with Gasteiger partial charge in [-0.3, -0.25) is 4.79 Å². The number of amides is 1. The van der Waals surface area contributed by atoms with Crippen molar-refractivity contribution in [1.29, 1.82) is 0 Å². The highest BCUT2D eigenvalue weighted by molar-refractivity contribution is 7.91. The number of carbonyl (C=O) groups excluding carboxylic acids is 1. The molecule has 1 aliphatic rings. The molecule has 6 heteroatoms. The third-order valence-corrected chi connectivity index (χ3v) is 5.23. The lowest BCUT2D eigenvalue weighted by molar-refractivity contribution is -0.116. The molecule has 20 heavy (non-hydrogen) atoms. The molecule has 5 nitrogen and oxygen atoms in total. The summed E-state index contributed by atoms with van der Waals surface area (Å²) in [6.45, 7) is 0.425. The van der Waals surface area contributed by atoms with Gasteiger partial charge in [0, 0.05) is 24.8 Å². The van der Waals surface area contributed by atoms with E-state index < -0.39 is 9.84 Å². The van der Waals surface area contributed by atoms with Gasteiger partial charge in [-0.15, -0.1) is 0 Å². The highest BCUT2D eigenvalue weighted by Gasteiger charge is 2.29. The number of benzene rings is 1. The van der Waals surface area contributed by atoms with Crippen LogP contribution in [0.3, 0.4) is 0 Å². The van der Waals surface area contributed by atoms with Gasteiger partial charge in [0.05, 0.1) is 18.1 Å². The molecular formula is C14H19NO4S. The standard InChI is InChI=1S/C14H19NO4S/c1-19-9-12-4-2-3-5-13(12)15-14(16)8-11-6-7-20(17,18)10-11/h2-5,11H,6-10H2,1H3,(H,15,16). The zero-order valence-electron chi connectivity index (χ0n) is 11.5. The maximum atomic E-state index is 12.0. The number of para-hydroxylation sites is 1. The quantitative estimate of drug-likeness (QED) is 0.896. The molecule has 1 amide bonds. The molecule has 110 valence electrons. The largest absolute Gasteiger partial charge is 0.380 e. The summed E-state index contributed by atoms with van der Waals surface area (Å²) in [5, 5.41) is 2.84. The molecule has 1 saturated heterocycles. The Balaban J connectivity index is 1.95. The van der Waals surface area contributed by atoms with Crippen LogP contribution in [0.2, 0.25) is 0 Å². The molecule has 1 unspecified atom stereocenters. The first-order valence-electron chi connectivity index (χ1n) is 6.57. The van der Waals surface area contributed by atoms with Crippen molar-refractivity contribution in [3.63, 3.8) is 0 Å². The number of rotatable bonds is 5. The normalized spacial score (nSPS) is 20.8. The van der Waals surface area contributed by atoms with Crippen molar-refractivity contribution >= 4 is 21.4 Å². The second-order valence-electron chi connectivity index (χ2n) is 5.11. The van der Waals surface area contributed by atoms with E-state index in [1.807, 2.05) is 24.3 Å². The molecular weight excluding hydrogens is 278 g/mol. The molecule has 1 aromatic rings. The van der Waals surface area contributed by atoms with Crippen molar-refractivity contribution in [3.05, 3.63) is 29.8 Å². The fourth-order valence-corrected chi connectivity index (χ4v) is 4.28. The van der Waals surface area contributed by atoms with Crippen LogP contribution in [0.5, 0.6) is 0 Å². The van der Waals surface area contributed by atoms with Crippen LogP contribution in [0.15, 0.2) is 24.3 Å². The molecule has 1 atom stereocenters. The molecule has 0 aliphatic carbocycles. The van der Waals surface area contributed by atoms with Crippen molar-refractivity contribution < 1.29 is 17.9 Å². The summed E-state index contributed by atoms with van der Waals surface area (Å²) in [6.07, 6.45) is 0.829. The summed E-state index contributed by atoms with van der Waals surface area (Å²) < 4.78 is 27.8. The number of sulfone groups is 1. The molecule has 0 radical (unpaired) electrons. The molecule has 1 heterocycles. The van der Waals surface area contributed by atoms with Crippen LogP contribution in [-0.2, 0) is 26.0 Å². The lowest BCUT2D eigenvalue weighted by Gasteiger charge is -2.12. The highest BCUT2D eigenvalue weighted by Crippen LogP contribution is 2.23. The number of hydrogen-bond donors (Lipinski definition) is 1. The van der Waals surface area contributed by atoms with Gasteiger partial charge in [0.15, 0.2) is 9.84 Å². The van der Waals surface area contributed by atoms with E-state index in [1.165, 1.54) is 0 Å². The zero-order valence-corrected chi connectivity index (χ0v) is 12.3. The predicted molar refractivity (Wildman–Crippen MR) is 77.2 cm³/mol. The predicted octanol–water partition coefficient (Wildman–Crippen LogP) is 1.60. The van der Waals surface area contributed by atoms with Crippen LogP contribution in [0, 0.1) is 5.92 Å². The van der Waals surface area contributed by atoms with Gasteiger partial charge in [0.25, 0.3) is 0 Å². The van der Waals surface area contributed by atoms with Crippen molar-refractivity contribution in [2.75, 3.05) is 23.9 Å². The van der Waals surface area contributed by atoms with E-state index in [-0.39, 0.29) is 29.8 Å². The van der Waals surface area contributed by atoms with E-state index in [2.05, 4.69) is 5.32 Å². The smallest absolute Gasteiger partial charge is 0.224 e. The first-order chi connectivity index (χ1) is 9.50. The Morgan fingerprint density at radius 1 is 1.40 bits per heavy atom. The number of carbonyl (C=O) groups is 1. The van der Waals surface area contributed by atoms with E-state index in [0.29, 0.717) is 13.0 Å². The van der Waals surface area contributed by atoms with Gasteiger partial charge < -0.3 is 10.1 Å². The first-order valence-corrected chi connectivity index (χ1v) is 8.39. The molecule has 0 saturated carbocycles. The van der Waals surface area contributed by atoms with Gasteiger partial charge in [0.1, 0.15) is 0 Å². The van der Waals surface area contributed by atoms with Crippen molar-refractivity contribution in [3.8, 4) is 0 Å². The van der Waals surface area contributed by atoms with Gasteiger partial charge in [0.2, 0.25) is 5.91 Å². The molecule has 2 rings (SSSR count).